The van der Waals surface area contributed by atoms with Crippen LogP contribution >= 0.6 is 0 Å². The van der Waals surface area contributed by atoms with Crippen molar-refractivity contribution < 1.29 is 14.3 Å². The number of carbonyl (C=O) groups is 1. The zero-order valence-corrected chi connectivity index (χ0v) is 12.5. The molecule has 1 heterocycles. The molecule has 1 N–H and O–H groups in total. The zero-order chi connectivity index (χ0) is 15.9. The predicted octanol–water partition coefficient (Wildman–Crippen LogP) is 1.89. The molecule has 2 rings (SSSR count). The fraction of sp³-hybridized carbons (Fsp3) is 0.250. The number of hydrogen-bond acceptors (Lipinski definition) is 4. The van der Waals surface area contributed by atoms with Crippen molar-refractivity contribution in [2.45, 2.75) is 13.5 Å². The molecule has 0 spiro atoms. The molecule has 1 amide bonds. The van der Waals surface area contributed by atoms with Gasteiger partial charge in [-0.15, -0.1) is 0 Å². The molecule has 6 heteroatoms. The number of carbonyl (C=O) groups excluding carboxylic acids is 1. The molecule has 0 unspecified atom stereocenters. The van der Waals surface area contributed by atoms with Gasteiger partial charge in [0.2, 0.25) is 5.91 Å². The van der Waals surface area contributed by atoms with Crippen LogP contribution in [0.25, 0.3) is 0 Å². The number of hydrogen-bond donors (Lipinski definition) is 1. The summed E-state index contributed by atoms with van der Waals surface area (Å²) in [4.78, 5) is 24.1. The molecule has 0 radical (unpaired) electrons. The first-order valence-corrected chi connectivity index (χ1v) is 6.90. The van der Waals surface area contributed by atoms with E-state index in [1.165, 1.54) is 4.57 Å². The third-order valence-corrected chi connectivity index (χ3v) is 2.97. The van der Waals surface area contributed by atoms with Crippen molar-refractivity contribution in [3.63, 3.8) is 0 Å². The van der Waals surface area contributed by atoms with Gasteiger partial charge in [-0.2, -0.15) is 0 Å². The summed E-state index contributed by atoms with van der Waals surface area (Å²) >= 11 is 0. The summed E-state index contributed by atoms with van der Waals surface area (Å²) in [5.41, 5.74) is 0.314. The molecular weight excluding hydrogens is 284 g/mol. The Kier molecular flexibility index (Phi) is 5.19. The van der Waals surface area contributed by atoms with Crippen molar-refractivity contribution in [3.8, 4) is 11.5 Å². The summed E-state index contributed by atoms with van der Waals surface area (Å²) < 4.78 is 11.6. The molecule has 2 aromatic rings. The predicted molar refractivity (Wildman–Crippen MR) is 83.5 cm³/mol. The van der Waals surface area contributed by atoms with Gasteiger partial charge in [0.15, 0.2) is 5.75 Å². The van der Waals surface area contributed by atoms with E-state index in [0.29, 0.717) is 18.0 Å². The number of amides is 1. The number of methoxy groups -OCH3 is 1. The van der Waals surface area contributed by atoms with Crippen LogP contribution in [0.2, 0.25) is 0 Å². The average molecular weight is 302 g/mol. The van der Waals surface area contributed by atoms with Crippen LogP contribution in [-0.4, -0.2) is 24.2 Å². The molecule has 0 aliphatic carbocycles. The Labute approximate surface area is 128 Å². The van der Waals surface area contributed by atoms with Gasteiger partial charge in [-0.05, 0) is 43.3 Å². The Hall–Kier alpha value is -2.76. The highest BCUT2D eigenvalue weighted by Crippen LogP contribution is 2.14. The number of benzene rings is 1. The lowest BCUT2D eigenvalue weighted by Crippen LogP contribution is -2.27. The smallest absolute Gasteiger partial charge is 0.293 e. The van der Waals surface area contributed by atoms with Crippen LogP contribution in [-0.2, 0) is 11.3 Å². The van der Waals surface area contributed by atoms with Gasteiger partial charge in [0, 0.05) is 11.9 Å². The molecule has 0 aliphatic heterocycles. The first-order chi connectivity index (χ1) is 10.6. The highest BCUT2D eigenvalue weighted by atomic mass is 16.5. The molecule has 22 heavy (non-hydrogen) atoms. The standard InChI is InChI=1S/C16H18N2O4/c1-3-22-14-5-4-10-18(16(14)20)11-15(19)17-12-6-8-13(21-2)9-7-12/h4-10H,3,11H2,1-2H3,(H,17,19). The molecule has 0 atom stereocenters. The van der Waals surface area contributed by atoms with Gasteiger partial charge in [-0.3, -0.25) is 9.59 Å². The van der Waals surface area contributed by atoms with E-state index < -0.39 is 0 Å². The highest BCUT2D eigenvalue weighted by molar-refractivity contribution is 5.90. The second-order valence-electron chi connectivity index (χ2n) is 4.52. The minimum atomic E-state index is -0.325. The van der Waals surface area contributed by atoms with Gasteiger partial charge in [0.1, 0.15) is 12.3 Å². The van der Waals surface area contributed by atoms with E-state index in [0.717, 1.165) is 0 Å². The Balaban J connectivity index is 2.05. The summed E-state index contributed by atoms with van der Waals surface area (Å²) in [6, 6.07) is 10.2. The second kappa shape index (κ2) is 7.31. The van der Waals surface area contributed by atoms with Crippen LogP contribution in [0.15, 0.2) is 47.4 Å². The number of aromatic nitrogens is 1. The van der Waals surface area contributed by atoms with Crippen LogP contribution < -0.4 is 20.3 Å². The van der Waals surface area contributed by atoms with Crippen molar-refractivity contribution in [1.82, 2.24) is 4.57 Å². The number of ether oxygens (including phenoxy) is 2. The van der Waals surface area contributed by atoms with E-state index >= 15 is 0 Å². The topological polar surface area (TPSA) is 69.6 Å². The molecular formula is C16H18N2O4. The fourth-order valence-electron chi connectivity index (χ4n) is 1.93. The molecule has 0 saturated heterocycles. The highest BCUT2D eigenvalue weighted by Gasteiger charge is 2.08. The van der Waals surface area contributed by atoms with Gasteiger partial charge in [0.05, 0.1) is 13.7 Å². The van der Waals surface area contributed by atoms with Crippen LogP contribution in [0.1, 0.15) is 6.92 Å². The van der Waals surface area contributed by atoms with E-state index in [-0.39, 0.29) is 23.8 Å². The largest absolute Gasteiger partial charge is 0.497 e. The van der Waals surface area contributed by atoms with E-state index in [9.17, 15) is 9.59 Å². The molecule has 1 aromatic heterocycles. The first-order valence-electron chi connectivity index (χ1n) is 6.90. The molecule has 1 aromatic carbocycles. The molecule has 0 aliphatic rings. The van der Waals surface area contributed by atoms with Gasteiger partial charge in [-0.25, -0.2) is 0 Å². The maximum atomic E-state index is 12.1. The molecule has 6 nitrogen and oxygen atoms in total. The Morgan fingerprint density at radius 1 is 1.23 bits per heavy atom. The quantitative estimate of drug-likeness (QED) is 0.884. The number of nitrogens with one attached hydrogen (secondary N) is 1. The minimum absolute atomic E-state index is 0.0776. The van der Waals surface area contributed by atoms with E-state index in [4.69, 9.17) is 9.47 Å². The SMILES string of the molecule is CCOc1cccn(CC(=O)Nc2ccc(OC)cc2)c1=O. The Bertz CT molecular complexity index is 692. The van der Waals surface area contributed by atoms with Gasteiger partial charge >= 0.3 is 0 Å². The zero-order valence-electron chi connectivity index (χ0n) is 12.5. The second-order valence-corrected chi connectivity index (χ2v) is 4.52. The summed E-state index contributed by atoms with van der Waals surface area (Å²) in [7, 11) is 1.57. The van der Waals surface area contributed by atoms with Gasteiger partial charge in [-0.1, -0.05) is 0 Å². The lowest BCUT2D eigenvalue weighted by molar-refractivity contribution is -0.116. The molecule has 116 valence electrons. The number of rotatable bonds is 6. The maximum absolute atomic E-state index is 12.1. The maximum Gasteiger partial charge on any atom is 0.293 e. The van der Waals surface area contributed by atoms with Crippen molar-refractivity contribution in [1.29, 1.82) is 0 Å². The Morgan fingerprint density at radius 3 is 2.59 bits per heavy atom. The summed E-state index contributed by atoms with van der Waals surface area (Å²) in [5, 5.41) is 2.73. The average Bonchev–Trinajstić information content (AvgIpc) is 2.52. The summed E-state index contributed by atoms with van der Waals surface area (Å²) in [6.45, 7) is 2.12. The Morgan fingerprint density at radius 2 is 1.95 bits per heavy atom. The summed E-state index contributed by atoms with van der Waals surface area (Å²) in [5.74, 6) is 0.654. The van der Waals surface area contributed by atoms with Crippen LogP contribution in [0.4, 0.5) is 5.69 Å². The van der Waals surface area contributed by atoms with Crippen LogP contribution in [0.5, 0.6) is 11.5 Å². The molecule has 0 saturated carbocycles. The van der Waals surface area contributed by atoms with Crippen molar-refractivity contribution in [2.24, 2.45) is 0 Å². The number of anilines is 1. The summed E-state index contributed by atoms with van der Waals surface area (Å²) in [6.07, 6.45) is 1.55. The lowest BCUT2D eigenvalue weighted by atomic mass is 10.3. The first kappa shape index (κ1) is 15.6. The van der Waals surface area contributed by atoms with E-state index in [1.807, 2.05) is 0 Å². The molecule has 0 fully saturated rings. The van der Waals surface area contributed by atoms with Crippen LogP contribution in [0, 0.1) is 0 Å². The minimum Gasteiger partial charge on any atom is -0.497 e. The third-order valence-electron chi connectivity index (χ3n) is 2.97. The molecule has 0 bridgehead atoms. The lowest BCUT2D eigenvalue weighted by Gasteiger charge is -2.09. The fourth-order valence-corrected chi connectivity index (χ4v) is 1.93. The monoisotopic (exact) mass is 302 g/mol. The van der Waals surface area contributed by atoms with Crippen molar-refractivity contribution >= 4 is 11.6 Å². The van der Waals surface area contributed by atoms with E-state index in [2.05, 4.69) is 5.32 Å². The number of pyridine rings is 1. The van der Waals surface area contributed by atoms with Crippen molar-refractivity contribution in [2.75, 3.05) is 19.0 Å². The van der Waals surface area contributed by atoms with E-state index in [1.54, 1.807) is 56.6 Å². The normalized spacial score (nSPS) is 10.1. The number of nitrogens with zero attached hydrogens (tertiary/aromatic N) is 1. The van der Waals surface area contributed by atoms with Gasteiger partial charge < -0.3 is 19.4 Å². The third kappa shape index (κ3) is 3.88. The van der Waals surface area contributed by atoms with Gasteiger partial charge in [0.25, 0.3) is 5.56 Å². The van der Waals surface area contributed by atoms with Crippen molar-refractivity contribution in [3.05, 3.63) is 52.9 Å². The van der Waals surface area contributed by atoms with Crippen LogP contribution in [0.3, 0.4) is 0 Å².